The molecule has 0 radical (unpaired) electrons. The SMILES string of the molecule is CCc1ccc(Oc2ccc(CO)cn2)c(OC)c1. The van der Waals surface area contributed by atoms with Crippen molar-refractivity contribution in [2.75, 3.05) is 7.11 Å². The van der Waals surface area contributed by atoms with E-state index in [1.54, 1.807) is 25.4 Å². The van der Waals surface area contributed by atoms with Crippen LogP contribution < -0.4 is 9.47 Å². The van der Waals surface area contributed by atoms with Gasteiger partial charge in [-0.3, -0.25) is 0 Å². The van der Waals surface area contributed by atoms with Gasteiger partial charge in [-0.15, -0.1) is 0 Å². The summed E-state index contributed by atoms with van der Waals surface area (Å²) in [6.07, 6.45) is 2.53. The Morgan fingerprint density at radius 3 is 2.47 bits per heavy atom. The second-order valence-electron chi connectivity index (χ2n) is 4.10. The minimum absolute atomic E-state index is 0.0260. The Hall–Kier alpha value is -2.07. The summed E-state index contributed by atoms with van der Waals surface area (Å²) in [5, 5.41) is 8.96. The number of rotatable bonds is 5. The molecule has 0 aliphatic heterocycles. The van der Waals surface area contributed by atoms with Crippen LogP contribution in [0.1, 0.15) is 18.1 Å². The first-order valence-corrected chi connectivity index (χ1v) is 6.17. The smallest absolute Gasteiger partial charge is 0.219 e. The van der Waals surface area contributed by atoms with Gasteiger partial charge in [-0.25, -0.2) is 4.98 Å². The number of hydrogen-bond acceptors (Lipinski definition) is 4. The summed E-state index contributed by atoms with van der Waals surface area (Å²) in [6, 6.07) is 9.32. The molecule has 0 saturated carbocycles. The van der Waals surface area contributed by atoms with Gasteiger partial charge in [0.15, 0.2) is 11.5 Å². The van der Waals surface area contributed by atoms with Crippen LogP contribution in [0.5, 0.6) is 17.4 Å². The number of pyridine rings is 1. The summed E-state index contributed by atoms with van der Waals surface area (Å²) in [5.74, 6) is 1.79. The summed E-state index contributed by atoms with van der Waals surface area (Å²) in [5.41, 5.74) is 1.94. The molecule has 1 aromatic heterocycles. The third-order valence-corrected chi connectivity index (χ3v) is 2.83. The van der Waals surface area contributed by atoms with Crippen molar-refractivity contribution in [1.29, 1.82) is 0 Å². The van der Waals surface area contributed by atoms with Crippen LogP contribution in [-0.4, -0.2) is 17.2 Å². The highest BCUT2D eigenvalue weighted by Gasteiger charge is 2.07. The van der Waals surface area contributed by atoms with Gasteiger partial charge in [0, 0.05) is 12.3 Å². The normalized spacial score (nSPS) is 10.3. The molecule has 1 aromatic carbocycles. The molecule has 4 nitrogen and oxygen atoms in total. The molecule has 2 rings (SSSR count). The van der Waals surface area contributed by atoms with Crippen molar-refractivity contribution in [2.45, 2.75) is 20.0 Å². The first kappa shape index (κ1) is 13.4. The van der Waals surface area contributed by atoms with Crippen LogP contribution in [0, 0.1) is 0 Å². The molecule has 0 saturated heterocycles. The largest absolute Gasteiger partial charge is 0.493 e. The second-order valence-corrected chi connectivity index (χ2v) is 4.10. The van der Waals surface area contributed by atoms with E-state index in [9.17, 15) is 0 Å². The fourth-order valence-corrected chi connectivity index (χ4v) is 1.69. The summed E-state index contributed by atoms with van der Waals surface area (Å²) in [4.78, 5) is 4.13. The zero-order valence-corrected chi connectivity index (χ0v) is 11.1. The van der Waals surface area contributed by atoms with Gasteiger partial charge in [0.1, 0.15) is 0 Å². The number of ether oxygens (including phenoxy) is 2. The summed E-state index contributed by atoms with van der Waals surface area (Å²) >= 11 is 0. The molecule has 0 aliphatic carbocycles. The zero-order valence-electron chi connectivity index (χ0n) is 11.1. The lowest BCUT2D eigenvalue weighted by Gasteiger charge is -2.11. The van der Waals surface area contributed by atoms with Gasteiger partial charge in [-0.05, 0) is 35.7 Å². The van der Waals surface area contributed by atoms with Crippen LogP contribution in [0.25, 0.3) is 0 Å². The van der Waals surface area contributed by atoms with E-state index in [-0.39, 0.29) is 6.61 Å². The molecule has 1 heterocycles. The minimum Gasteiger partial charge on any atom is -0.493 e. The van der Waals surface area contributed by atoms with Gasteiger partial charge in [0.25, 0.3) is 0 Å². The van der Waals surface area contributed by atoms with Crippen molar-refractivity contribution in [2.24, 2.45) is 0 Å². The van der Waals surface area contributed by atoms with Gasteiger partial charge in [0.05, 0.1) is 13.7 Å². The first-order chi connectivity index (χ1) is 9.26. The zero-order chi connectivity index (χ0) is 13.7. The molecule has 0 unspecified atom stereocenters. The van der Waals surface area contributed by atoms with Crippen LogP contribution >= 0.6 is 0 Å². The number of aryl methyl sites for hydroxylation is 1. The fraction of sp³-hybridized carbons (Fsp3) is 0.267. The maximum Gasteiger partial charge on any atom is 0.219 e. The van der Waals surface area contributed by atoms with Gasteiger partial charge in [-0.2, -0.15) is 0 Å². The molecule has 0 atom stereocenters. The Bertz CT molecular complexity index is 538. The van der Waals surface area contributed by atoms with Gasteiger partial charge < -0.3 is 14.6 Å². The standard InChI is InChI=1S/C15H17NO3/c1-3-11-4-6-13(14(8-11)18-2)19-15-7-5-12(10-17)9-16-15/h4-9,17H,3,10H2,1-2H3. The van der Waals surface area contributed by atoms with E-state index in [0.29, 0.717) is 17.4 Å². The quantitative estimate of drug-likeness (QED) is 0.897. The van der Waals surface area contributed by atoms with Crippen LogP contribution in [0.15, 0.2) is 36.5 Å². The number of aliphatic hydroxyl groups is 1. The maximum atomic E-state index is 8.96. The summed E-state index contributed by atoms with van der Waals surface area (Å²) < 4.78 is 11.0. The molecular formula is C15H17NO3. The Morgan fingerprint density at radius 1 is 1.11 bits per heavy atom. The van der Waals surface area contributed by atoms with E-state index in [4.69, 9.17) is 14.6 Å². The number of hydrogen-bond donors (Lipinski definition) is 1. The van der Waals surface area contributed by atoms with Crippen molar-refractivity contribution >= 4 is 0 Å². The van der Waals surface area contributed by atoms with Crippen LogP contribution in [0.4, 0.5) is 0 Å². The van der Waals surface area contributed by atoms with Crippen LogP contribution in [0.3, 0.4) is 0 Å². The van der Waals surface area contributed by atoms with Gasteiger partial charge in [0.2, 0.25) is 5.88 Å². The van der Waals surface area contributed by atoms with E-state index in [2.05, 4.69) is 11.9 Å². The molecule has 0 fully saturated rings. The predicted molar refractivity (Wildman–Crippen MR) is 72.6 cm³/mol. The van der Waals surface area contributed by atoms with Crippen molar-refractivity contribution in [1.82, 2.24) is 4.98 Å². The fourth-order valence-electron chi connectivity index (χ4n) is 1.69. The summed E-state index contributed by atoms with van der Waals surface area (Å²) in [7, 11) is 1.62. The van der Waals surface area contributed by atoms with E-state index < -0.39 is 0 Å². The van der Waals surface area contributed by atoms with E-state index >= 15 is 0 Å². The van der Waals surface area contributed by atoms with Gasteiger partial charge in [-0.1, -0.05) is 13.0 Å². The first-order valence-electron chi connectivity index (χ1n) is 6.17. The number of aromatic nitrogens is 1. The van der Waals surface area contributed by atoms with Crippen molar-refractivity contribution in [3.05, 3.63) is 47.7 Å². The lowest BCUT2D eigenvalue weighted by atomic mass is 10.1. The van der Waals surface area contributed by atoms with Gasteiger partial charge >= 0.3 is 0 Å². The monoisotopic (exact) mass is 259 g/mol. The molecule has 19 heavy (non-hydrogen) atoms. The number of benzene rings is 1. The molecule has 4 heteroatoms. The average Bonchev–Trinajstić information content (AvgIpc) is 2.48. The molecule has 2 aromatic rings. The third kappa shape index (κ3) is 3.23. The molecular weight excluding hydrogens is 242 g/mol. The van der Waals surface area contributed by atoms with Crippen LogP contribution in [-0.2, 0) is 13.0 Å². The Morgan fingerprint density at radius 2 is 1.89 bits per heavy atom. The van der Waals surface area contributed by atoms with Crippen molar-refractivity contribution in [3.8, 4) is 17.4 Å². The average molecular weight is 259 g/mol. The van der Waals surface area contributed by atoms with E-state index in [1.165, 1.54) is 5.56 Å². The lowest BCUT2D eigenvalue weighted by molar-refractivity contribution is 0.281. The molecule has 0 aliphatic rings. The molecule has 100 valence electrons. The second kappa shape index (κ2) is 6.20. The number of methoxy groups -OCH3 is 1. The van der Waals surface area contributed by atoms with E-state index in [1.807, 2.05) is 18.2 Å². The highest BCUT2D eigenvalue weighted by atomic mass is 16.5. The highest BCUT2D eigenvalue weighted by molar-refractivity contribution is 5.44. The topological polar surface area (TPSA) is 51.6 Å². The lowest BCUT2D eigenvalue weighted by Crippen LogP contribution is -1.94. The molecule has 0 amide bonds. The van der Waals surface area contributed by atoms with Crippen LogP contribution in [0.2, 0.25) is 0 Å². The number of nitrogens with zero attached hydrogens (tertiary/aromatic N) is 1. The Balaban J connectivity index is 2.21. The highest BCUT2D eigenvalue weighted by Crippen LogP contribution is 2.31. The maximum absolute atomic E-state index is 8.96. The minimum atomic E-state index is -0.0260. The summed E-state index contributed by atoms with van der Waals surface area (Å²) in [6.45, 7) is 2.06. The van der Waals surface area contributed by atoms with Crippen molar-refractivity contribution < 1.29 is 14.6 Å². The number of aliphatic hydroxyl groups excluding tert-OH is 1. The predicted octanol–water partition coefficient (Wildman–Crippen LogP) is 2.94. The third-order valence-electron chi connectivity index (χ3n) is 2.83. The molecule has 1 N–H and O–H groups in total. The molecule has 0 spiro atoms. The Kier molecular flexibility index (Phi) is 4.36. The van der Waals surface area contributed by atoms with Crippen molar-refractivity contribution in [3.63, 3.8) is 0 Å². The molecule has 0 bridgehead atoms. The van der Waals surface area contributed by atoms with E-state index in [0.717, 1.165) is 12.0 Å². The Labute approximate surface area is 112 Å².